The van der Waals surface area contributed by atoms with Gasteiger partial charge in [0.15, 0.2) is 0 Å². The van der Waals surface area contributed by atoms with Crippen LogP contribution in [0.2, 0.25) is 10.0 Å². The number of benzene rings is 2. The van der Waals surface area contributed by atoms with E-state index >= 15 is 0 Å². The summed E-state index contributed by atoms with van der Waals surface area (Å²) in [5, 5.41) is 3.54. The number of rotatable bonds is 2. The zero-order chi connectivity index (χ0) is 14.7. The van der Waals surface area contributed by atoms with Crippen molar-refractivity contribution in [2.24, 2.45) is 0 Å². The Bertz CT molecular complexity index is 616. The molecule has 0 heterocycles. The van der Waals surface area contributed by atoms with Crippen molar-refractivity contribution < 1.29 is 9.53 Å². The van der Waals surface area contributed by atoms with Gasteiger partial charge < -0.3 is 4.74 Å². The van der Waals surface area contributed by atoms with E-state index in [-0.39, 0.29) is 0 Å². The highest BCUT2D eigenvalue weighted by Gasteiger charge is 2.10. The van der Waals surface area contributed by atoms with Gasteiger partial charge in [0.1, 0.15) is 5.75 Å². The minimum absolute atomic E-state index is 0.297. The Morgan fingerprint density at radius 1 is 1.05 bits per heavy atom. The molecule has 0 saturated heterocycles. The van der Waals surface area contributed by atoms with Crippen molar-refractivity contribution in [3.63, 3.8) is 0 Å². The van der Waals surface area contributed by atoms with E-state index in [1.165, 1.54) is 12.1 Å². The molecule has 2 rings (SSSR count). The molecule has 1 amide bonds. The van der Waals surface area contributed by atoms with Gasteiger partial charge in [0.05, 0.1) is 0 Å². The molecule has 0 aliphatic heterocycles. The lowest BCUT2D eigenvalue weighted by Gasteiger charge is -2.11. The van der Waals surface area contributed by atoms with Gasteiger partial charge in [-0.15, -0.1) is 0 Å². The highest BCUT2D eigenvalue weighted by atomic mass is 35.5. The van der Waals surface area contributed by atoms with E-state index < -0.39 is 6.09 Å². The van der Waals surface area contributed by atoms with Gasteiger partial charge in [-0.25, -0.2) is 4.79 Å². The van der Waals surface area contributed by atoms with Crippen LogP contribution < -0.4 is 10.1 Å². The Labute approximate surface area is 127 Å². The Balaban J connectivity index is 2.13. The predicted octanol–water partition coefficient (Wildman–Crippen LogP) is 5.22. The summed E-state index contributed by atoms with van der Waals surface area (Å²) in [7, 11) is 0. The summed E-state index contributed by atoms with van der Waals surface area (Å²) < 4.78 is 5.17. The molecule has 2 aromatic carbocycles. The Hall–Kier alpha value is -1.71. The first-order valence-corrected chi connectivity index (χ1v) is 6.72. The van der Waals surface area contributed by atoms with Gasteiger partial charge >= 0.3 is 6.09 Å². The minimum atomic E-state index is -0.583. The molecule has 0 saturated carbocycles. The number of aryl methyl sites for hydroxylation is 2. The lowest BCUT2D eigenvalue weighted by atomic mass is 10.1. The van der Waals surface area contributed by atoms with Crippen molar-refractivity contribution in [1.82, 2.24) is 0 Å². The molecule has 0 atom stereocenters. The van der Waals surface area contributed by atoms with Gasteiger partial charge in [0, 0.05) is 15.7 Å². The van der Waals surface area contributed by atoms with Gasteiger partial charge in [-0.05, 0) is 43.2 Å². The summed E-state index contributed by atoms with van der Waals surface area (Å²) in [5.41, 5.74) is 2.67. The second-order valence-electron chi connectivity index (χ2n) is 4.39. The molecular weight excluding hydrogens is 297 g/mol. The van der Waals surface area contributed by atoms with Crippen molar-refractivity contribution >= 4 is 35.0 Å². The first-order chi connectivity index (χ1) is 9.45. The van der Waals surface area contributed by atoms with E-state index in [2.05, 4.69) is 5.32 Å². The third-order valence-corrected chi connectivity index (χ3v) is 3.19. The fraction of sp³-hybridized carbons (Fsp3) is 0.133. The molecule has 0 aliphatic carbocycles. The highest BCUT2D eigenvalue weighted by Crippen LogP contribution is 2.25. The zero-order valence-corrected chi connectivity index (χ0v) is 12.5. The third-order valence-electron chi connectivity index (χ3n) is 2.75. The Kier molecular flexibility index (Phi) is 4.53. The quantitative estimate of drug-likeness (QED) is 0.825. The predicted molar refractivity (Wildman–Crippen MR) is 82.0 cm³/mol. The molecule has 20 heavy (non-hydrogen) atoms. The number of nitrogens with one attached hydrogen (secondary N) is 1. The van der Waals surface area contributed by atoms with Crippen molar-refractivity contribution in [3.8, 4) is 5.75 Å². The van der Waals surface area contributed by atoms with Gasteiger partial charge in [0.25, 0.3) is 0 Å². The van der Waals surface area contributed by atoms with Crippen LogP contribution in [-0.4, -0.2) is 6.09 Å². The summed E-state index contributed by atoms with van der Waals surface area (Å²) in [6.45, 7) is 3.83. The molecule has 0 radical (unpaired) electrons. The SMILES string of the molecule is Cc1cccc(C)c1NC(=O)Oc1cc(Cl)cc(Cl)c1. The molecule has 0 spiro atoms. The number of carbonyl (C=O) groups excluding carboxylic acids is 1. The minimum Gasteiger partial charge on any atom is -0.410 e. The second kappa shape index (κ2) is 6.16. The largest absolute Gasteiger partial charge is 0.417 e. The molecule has 2 aromatic rings. The molecule has 104 valence electrons. The average molecular weight is 310 g/mol. The monoisotopic (exact) mass is 309 g/mol. The van der Waals surface area contributed by atoms with Gasteiger partial charge in [-0.1, -0.05) is 41.4 Å². The number of carbonyl (C=O) groups is 1. The van der Waals surface area contributed by atoms with Gasteiger partial charge in [-0.3, -0.25) is 5.32 Å². The summed E-state index contributed by atoms with van der Waals surface area (Å²) in [6, 6.07) is 10.4. The van der Waals surface area contributed by atoms with Crippen LogP contribution in [0.1, 0.15) is 11.1 Å². The first-order valence-electron chi connectivity index (χ1n) is 5.97. The van der Waals surface area contributed by atoms with E-state index in [4.69, 9.17) is 27.9 Å². The molecule has 1 N–H and O–H groups in total. The lowest BCUT2D eigenvalue weighted by Crippen LogP contribution is -2.18. The van der Waals surface area contributed by atoms with Gasteiger partial charge in [0.2, 0.25) is 0 Å². The highest BCUT2D eigenvalue weighted by molar-refractivity contribution is 6.34. The van der Waals surface area contributed by atoms with Crippen LogP contribution in [0, 0.1) is 13.8 Å². The molecular formula is C15H13Cl2NO2. The smallest absolute Gasteiger partial charge is 0.410 e. The fourth-order valence-electron chi connectivity index (χ4n) is 1.83. The maximum Gasteiger partial charge on any atom is 0.417 e. The van der Waals surface area contributed by atoms with Crippen LogP contribution in [0.5, 0.6) is 5.75 Å². The van der Waals surface area contributed by atoms with Crippen LogP contribution in [0.15, 0.2) is 36.4 Å². The summed E-state index contributed by atoms with van der Waals surface area (Å²) in [6.07, 6.45) is -0.583. The molecule has 5 heteroatoms. The number of amides is 1. The summed E-state index contributed by atoms with van der Waals surface area (Å²) >= 11 is 11.7. The number of para-hydroxylation sites is 1. The van der Waals surface area contributed by atoms with Crippen LogP contribution >= 0.6 is 23.2 Å². The van der Waals surface area contributed by atoms with E-state index in [0.717, 1.165) is 16.8 Å². The van der Waals surface area contributed by atoms with E-state index in [9.17, 15) is 4.79 Å². The summed E-state index contributed by atoms with van der Waals surface area (Å²) in [5.74, 6) is 0.297. The normalized spacial score (nSPS) is 10.2. The van der Waals surface area contributed by atoms with E-state index in [1.54, 1.807) is 6.07 Å². The van der Waals surface area contributed by atoms with Gasteiger partial charge in [-0.2, -0.15) is 0 Å². The van der Waals surface area contributed by atoms with Crippen LogP contribution in [0.4, 0.5) is 10.5 Å². The number of hydrogen-bond acceptors (Lipinski definition) is 2. The fourth-order valence-corrected chi connectivity index (χ4v) is 2.34. The zero-order valence-electron chi connectivity index (χ0n) is 11.0. The van der Waals surface area contributed by atoms with Crippen molar-refractivity contribution in [2.45, 2.75) is 13.8 Å². The van der Waals surface area contributed by atoms with Crippen LogP contribution in [0.25, 0.3) is 0 Å². The molecule has 0 aromatic heterocycles. The molecule has 0 fully saturated rings. The van der Waals surface area contributed by atoms with Crippen molar-refractivity contribution in [1.29, 1.82) is 0 Å². The topological polar surface area (TPSA) is 38.3 Å². The molecule has 0 unspecified atom stereocenters. The Morgan fingerprint density at radius 3 is 2.15 bits per heavy atom. The van der Waals surface area contributed by atoms with Crippen LogP contribution in [0.3, 0.4) is 0 Å². The average Bonchev–Trinajstić information content (AvgIpc) is 2.32. The lowest BCUT2D eigenvalue weighted by molar-refractivity contribution is 0.215. The molecule has 0 aliphatic rings. The summed E-state index contributed by atoms with van der Waals surface area (Å²) in [4.78, 5) is 11.9. The maximum absolute atomic E-state index is 11.9. The molecule has 3 nitrogen and oxygen atoms in total. The Morgan fingerprint density at radius 2 is 1.60 bits per heavy atom. The number of ether oxygens (including phenoxy) is 1. The maximum atomic E-state index is 11.9. The first kappa shape index (κ1) is 14.7. The third kappa shape index (κ3) is 3.65. The molecule has 0 bridgehead atoms. The van der Waals surface area contributed by atoms with E-state index in [1.807, 2.05) is 32.0 Å². The second-order valence-corrected chi connectivity index (χ2v) is 5.26. The number of hydrogen-bond donors (Lipinski definition) is 1. The number of anilines is 1. The number of halogens is 2. The van der Waals surface area contributed by atoms with Crippen molar-refractivity contribution in [3.05, 3.63) is 57.6 Å². The standard InChI is InChI=1S/C15H13Cl2NO2/c1-9-4-3-5-10(2)14(9)18-15(19)20-13-7-11(16)6-12(17)8-13/h3-8H,1-2H3,(H,18,19). The van der Waals surface area contributed by atoms with Crippen molar-refractivity contribution in [2.75, 3.05) is 5.32 Å². The van der Waals surface area contributed by atoms with E-state index in [0.29, 0.717) is 15.8 Å². The van der Waals surface area contributed by atoms with Crippen LogP contribution in [-0.2, 0) is 0 Å².